The van der Waals surface area contributed by atoms with Crippen LogP contribution in [0.2, 0.25) is 0 Å². The molecule has 0 aliphatic heterocycles. The molecule has 0 spiro atoms. The van der Waals surface area contributed by atoms with Gasteiger partial charge in [-0.25, -0.2) is 0 Å². The van der Waals surface area contributed by atoms with Crippen molar-refractivity contribution in [2.24, 2.45) is 0 Å². The van der Waals surface area contributed by atoms with Gasteiger partial charge in [0.1, 0.15) is 11.5 Å². The molecule has 0 atom stereocenters. The largest absolute Gasteiger partial charge is 0.497 e. The van der Waals surface area contributed by atoms with Crippen LogP contribution < -0.4 is 10.5 Å². The second-order valence-corrected chi connectivity index (χ2v) is 4.56. The van der Waals surface area contributed by atoms with E-state index in [2.05, 4.69) is 12.1 Å². The van der Waals surface area contributed by atoms with Crippen LogP contribution in [0.3, 0.4) is 0 Å². The van der Waals surface area contributed by atoms with Gasteiger partial charge in [-0.3, -0.25) is 0 Å². The number of benzene rings is 1. The highest BCUT2D eigenvalue weighted by Crippen LogP contribution is 2.32. The molecular weight excluding hydrogens is 240 g/mol. The van der Waals surface area contributed by atoms with E-state index in [-0.39, 0.29) is 0 Å². The van der Waals surface area contributed by atoms with Gasteiger partial charge in [-0.05, 0) is 24.1 Å². The summed E-state index contributed by atoms with van der Waals surface area (Å²) in [6, 6.07) is 7.79. The van der Waals surface area contributed by atoms with Crippen molar-refractivity contribution in [3.05, 3.63) is 30.0 Å². The summed E-state index contributed by atoms with van der Waals surface area (Å²) >= 11 is 0. The first-order valence-electron chi connectivity index (χ1n) is 6.64. The van der Waals surface area contributed by atoms with Crippen molar-refractivity contribution in [1.29, 1.82) is 0 Å². The van der Waals surface area contributed by atoms with Gasteiger partial charge in [-0.2, -0.15) is 0 Å². The van der Waals surface area contributed by atoms with Crippen LogP contribution in [0.4, 0.5) is 5.82 Å². The zero-order valence-electron chi connectivity index (χ0n) is 11.5. The van der Waals surface area contributed by atoms with Crippen molar-refractivity contribution in [3.63, 3.8) is 0 Å². The van der Waals surface area contributed by atoms with Crippen LogP contribution in [0.5, 0.6) is 5.75 Å². The predicted molar refractivity (Wildman–Crippen MR) is 76.1 cm³/mol. The fraction of sp³-hybridized carbons (Fsp3) is 0.400. The van der Waals surface area contributed by atoms with Gasteiger partial charge in [0.2, 0.25) is 0 Å². The summed E-state index contributed by atoms with van der Waals surface area (Å²) in [6.45, 7) is 2.18. The Labute approximate surface area is 113 Å². The van der Waals surface area contributed by atoms with Gasteiger partial charge in [0.05, 0.1) is 12.7 Å². The standard InChI is InChI=1S/C15H20N2O2/c1-3-4-5-9-13-14(15(16)17-19-13)11-7-6-8-12(10-11)18-2/h6-8,10H,3-5,9H2,1-2H3,(H2,16,17). The molecule has 0 radical (unpaired) electrons. The fourth-order valence-electron chi connectivity index (χ4n) is 2.13. The lowest BCUT2D eigenvalue weighted by atomic mass is 10.0. The molecule has 0 saturated heterocycles. The number of aryl methyl sites for hydroxylation is 1. The molecule has 19 heavy (non-hydrogen) atoms. The van der Waals surface area contributed by atoms with Crippen LogP contribution in [0.1, 0.15) is 31.9 Å². The highest BCUT2D eigenvalue weighted by atomic mass is 16.5. The Kier molecular flexibility index (Phi) is 4.44. The van der Waals surface area contributed by atoms with Crippen molar-refractivity contribution in [2.45, 2.75) is 32.6 Å². The van der Waals surface area contributed by atoms with Crippen molar-refractivity contribution >= 4 is 5.82 Å². The van der Waals surface area contributed by atoms with E-state index < -0.39 is 0 Å². The van der Waals surface area contributed by atoms with E-state index in [1.165, 1.54) is 12.8 Å². The first-order valence-corrected chi connectivity index (χ1v) is 6.64. The number of nitrogens with zero attached hydrogens (tertiary/aromatic N) is 1. The van der Waals surface area contributed by atoms with Crippen molar-refractivity contribution in [3.8, 4) is 16.9 Å². The number of rotatable bonds is 6. The molecule has 0 bridgehead atoms. The van der Waals surface area contributed by atoms with E-state index in [1.54, 1.807) is 7.11 Å². The predicted octanol–water partition coefficient (Wildman–Crippen LogP) is 3.67. The SMILES string of the molecule is CCCCCc1onc(N)c1-c1cccc(OC)c1. The number of ether oxygens (including phenoxy) is 1. The van der Waals surface area contributed by atoms with E-state index in [0.29, 0.717) is 5.82 Å². The number of hydrogen-bond acceptors (Lipinski definition) is 4. The molecule has 0 saturated carbocycles. The van der Waals surface area contributed by atoms with Gasteiger partial charge in [-0.15, -0.1) is 0 Å². The van der Waals surface area contributed by atoms with E-state index in [9.17, 15) is 0 Å². The van der Waals surface area contributed by atoms with Crippen LogP contribution in [-0.2, 0) is 6.42 Å². The third kappa shape index (κ3) is 3.08. The maximum absolute atomic E-state index is 5.92. The van der Waals surface area contributed by atoms with Crippen LogP contribution in [0.25, 0.3) is 11.1 Å². The summed E-state index contributed by atoms with van der Waals surface area (Å²) < 4.78 is 10.6. The summed E-state index contributed by atoms with van der Waals surface area (Å²) in [5, 5.41) is 3.89. The minimum Gasteiger partial charge on any atom is -0.497 e. The van der Waals surface area contributed by atoms with E-state index in [1.807, 2.05) is 24.3 Å². The Morgan fingerprint density at radius 2 is 2.16 bits per heavy atom. The molecule has 0 fully saturated rings. The van der Waals surface area contributed by atoms with Gasteiger partial charge in [-0.1, -0.05) is 37.1 Å². The number of methoxy groups -OCH3 is 1. The molecule has 4 nitrogen and oxygen atoms in total. The topological polar surface area (TPSA) is 61.3 Å². The van der Waals surface area contributed by atoms with Crippen LogP contribution in [0.15, 0.2) is 28.8 Å². The normalized spacial score (nSPS) is 10.6. The number of aromatic nitrogens is 1. The maximum atomic E-state index is 5.92. The van der Waals surface area contributed by atoms with E-state index >= 15 is 0 Å². The van der Waals surface area contributed by atoms with Crippen molar-refractivity contribution < 1.29 is 9.26 Å². The summed E-state index contributed by atoms with van der Waals surface area (Å²) in [4.78, 5) is 0. The molecule has 0 amide bonds. The average Bonchev–Trinajstić information content (AvgIpc) is 2.80. The first kappa shape index (κ1) is 13.5. The second-order valence-electron chi connectivity index (χ2n) is 4.56. The third-order valence-electron chi connectivity index (χ3n) is 3.15. The highest BCUT2D eigenvalue weighted by Gasteiger charge is 2.15. The monoisotopic (exact) mass is 260 g/mol. The zero-order valence-corrected chi connectivity index (χ0v) is 11.5. The lowest BCUT2D eigenvalue weighted by Gasteiger charge is -2.05. The Morgan fingerprint density at radius 3 is 2.89 bits per heavy atom. The Hall–Kier alpha value is -1.97. The quantitative estimate of drug-likeness (QED) is 0.805. The molecule has 0 unspecified atom stereocenters. The summed E-state index contributed by atoms with van der Waals surface area (Å²) in [5.74, 6) is 2.11. The molecule has 2 N–H and O–H groups in total. The summed E-state index contributed by atoms with van der Waals surface area (Å²) in [5.41, 5.74) is 7.81. The molecule has 1 aromatic carbocycles. The third-order valence-corrected chi connectivity index (χ3v) is 3.15. The number of nitrogens with two attached hydrogens (primary N) is 1. The Balaban J connectivity index is 2.29. The molecule has 2 aromatic rings. The summed E-state index contributed by atoms with van der Waals surface area (Å²) in [6.07, 6.45) is 4.31. The van der Waals surface area contributed by atoms with Crippen LogP contribution in [-0.4, -0.2) is 12.3 Å². The fourth-order valence-corrected chi connectivity index (χ4v) is 2.13. The number of hydrogen-bond donors (Lipinski definition) is 1. The zero-order chi connectivity index (χ0) is 13.7. The highest BCUT2D eigenvalue weighted by molar-refractivity contribution is 5.76. The molecule has 102 valence electrons. The van der Waals surface area contributed by atoms with Gasteiger partial charge in [0, 0.05) is 6.42 Å². The summed E-state index contributed by atoms with van der Waals surface area (Å²) in [7, 11) is 1.65. The van der Waals surface area contributed by atoms with Crippen molar-refractivity contribution in [1.82, 2.24) is 5.16 Å². The number of anilines is 1. The molecule has 0 aliphatic carbocycles. The maximum Gasteiger partial charge on any atom is 0.175 e. The minimum absolute atomic E-state index is 0.444. The number of nitrogen functional groups attached to an aromatic ring is 1. The van der Waals surface area contributed by atoms with E-state index in [0.717, 1.165) is 35.5 Å². The molecule has 1 aromatic heterocycles. The molecule has 1 heterocycles. The first-order chi connectivity index (χ1) is 9.26. The van der Waals surface area contributed by atoms with E-state index in [4.69, 9.17) is 15.0 Å². The van der Waals surface area contributed by atoms with Gasteiger partial charge < -0.3 is 15.0 Å². The van der Waals surface area contributed by atoms with Gasteiger partial charge in [0.15, 0.2) is 5.82 Å². The Bertz CT molecular complexity index is 535. The lowest BCUT2D eigenvalue weighted by Crippen LogP contribution is -1.92. The van der Waals surface area contributed by atoms with Gasteiger partial charge >= 0.3 is 0 Å². The van der Waals surface area contributed by atoms with Crippen LogP contribution >= 0.6 is 0 Å². The van der Waals surface area contributed by atoms with Gasteiger partial charge in [0.25, 0.3) is 0 Å². The van der Waals surface area contributed by atoms with Crippen LogP contribution in [0, 0.1) is 0 Å². The second kappa shape index (κ2) is 6.27. The molecule has 0 aliphatic rings. The molecule has 4 heteroatoms. The molecular formula is C15H20N2O2. The average molecular weight is 260 g/mol. The lowest BCUT2D eigenvalue weighted by molar-refractivity contribution is 0.382. The smallest absolute Gasteiger partial charge is 0.175 e. The Morgan fingerprint density at radius 1 is 1.32 bits per heavy atom. The molecule has 2 rings (SSSR count). The van der Waals surface area contributed by atoms with Crippen molar-refractivity contribution in [2.75, 3.05) is 12.8 Å². The number of unbranched alkanes of at least 4 members (excludes halogenated alkanes) is 2. The minimum atomic E-state index is 0.444.